The van der Waals surface area contributed by atoms with Crippen LogP contribution in [0.15, 0.2) is 23.1 Å². The summed E-state index contributed by atoms with van der Waals surface area (Å²) < 4.78 is 47.6. The smallest absolute Gasteiger partial charge is 0.339 e. The average Bonchev–Trinajstić information content (AvgIpc) is 2.47. The van der Waals surface area contributed by atoms with Gasteiger partial charge in [-0.1, -0.05) is 0 Å². The van der Waals surface area contributed by atoms with Gasteiger partial charge in [0, 0.05) is 13.1 Å². The van der Waals surface area contributed by atoms with Gasteiger partial charge in [0.05, 0.1) is 25.9 Å². The van der Waals surface area contributed by atoms with Crippen LogP contribution in [0.5, 0.6) is 0 Å². The van der Waals surface area contributed by atoms with Crippen LogP contribution < -0.4 is 4.83 Å². The number of sulfonamides is 1. The van der Waals surface area contributed by atoms with Crippen LogP contribution in [0.2, 0.25) is 0 Å². The number of carbonyl (C=O) groups excluding carboxylic acids is 1. The number of nitrogens with zero attached hydrogens (tertiary/aromatic N) is 1. The van der Waals surface area contributed by atoms with Gasteiger partial charge in [0.2, 0.25) is 0 Å². The summed E-state index contributed by atoms with van der Waals surface area (Å²) in [6, 6.07) is 2.87. The molecule has 0 saturated carbocycles. The van der Waals surface area contributed by atoms with E-state index in [1.54, 1.807) is 0 Å². The van der Waals surface area contributed by atoms with Crippen molar-refractivity contribution < 1.29 is 27.1 Å². The molecule has 0 aromatic heterocycles. The molecule has 1 heterocycles. The van der Waals surface area contributed by atoms with Crippen LogP contribution in [-0.4, -0.2) is 52.8 Å². The number of halogens is 1. The molecule has 2 rings (SSSR count). The Kier molecular flexibility index (Phi) is 4.88. The first-order chi connectivity index (χ1) is 9.94. The molecule has 21 heavy (non-hydrogen) atoms. The summed E-state index contributed by atoms with van der Waals surface area (Å²) in [6.07, 6.45) is 0. The van der Waals surface area contributed by atoms with Crippen molar-refractivity contribution >= 4 is 16.0 Å². The van der Waals surface area contributed by atoms with Crippen LogP contribution >= 0.6 is 0 Å². The topological polar surface area (TPSA) is 84.9 Å². The normalized spacial score (nSPS) is 16.7. The van der Waals surface area contributed by atoms with Gasteiger partial charge >= 0.3 is 5.97 Å². The number of hydrogen-bond donors (Lipinski definition) is 1. The third-order valence-corrected chi connectivity index (χ3v) is 4.31. The molecule has 1 aromatic rings. The first-order valence-corrected chi connectivity index (χ1v) is 7.65. The minimum Gasteiger partial charge on any atom is -0.465 e. The molecular formula is C12H15FN2O5S. The predicted octanol–water partition coefficient (Wildman–Crippen LogP) is 0.138. The number of benzene rings is 1. The molecule has 0 atom stereocenters. The van der Waals surface area contributed by atoms with Crippen molar-refractivity contribution in [2.45, 2.75) is 4.90 Å². The molecule has 1 N–H and O–H groups in total. The van der Waals surface area contributed by atoms with Gasteiger partial charge in [0.25, 0.3) is 10.0 Å². The van der Waals surface area contributed by atoms with Crippen molar-refractivity contribution in [2.75, 3.05) is 33.4 Å². The summed E-state index contributed by atoms with van der Waals surface area (Å²) in [4.78, 5) is 13.5. The molecule has 1 fully saturated rings. The van der Waals surface area contributed by atoms with E-state index in [1.807, 2.05) is 0 Å². The number of hydrazine groups is 1. The highest BCUT2D eigenvalue weighted by atomic mass is 32.2. The Bertz CT molecular complexity index is 629. The second-order valence-corrected chi connectivity index (χ2v) is 5.96. The fourth-order valence-electron chi connectivity index (χ4n) is 1.87. The zero-order valence-corrected chi connectivity index (χ0v) is 12.2. The first-order valence-electron chi connectivity index (χ1n) is 6.17. The summed E-state index contributed by atoms with van der Waals surface area (Å²) in [6.45, 7) is 1.50. The molecule has 1 aliphatic rings. The summed E-state index contributed by atoms with van der Waals surface area (Å²) >= 11 is 0. The summed E-state index contributed by atoms with van der Waals surface area (Å²) in [5.74, 6) is -1.61. The Morgan fingerprint density at radius 1 is 1.38 bits per heavy atom. The van der Waals surface area contributed by atoms with Crippen LogP contribution in [0, 0.1) is 5.82 Å². The van der Waals surface area contributed by atoms with E-state index in [2.05, 4.69) is 9.57 Å². The lowest BCUT2D eigenvalue weighted by Gasteiger charge is -2.27. The van der Waals surface area contributed by atoms with Crippen molar-refractivity contribution in [1.82, 2.24) is 9.84 Å². The van der Waals surface area contributed by atoms with E-state index in [4.69, 9.17) is 4.74 Å². The molecule has 7 nitrogen and oxygen atoms in total. The Morgan fingerprint density at radius 3 is 2.67 bits per heavy atom. The fourth-order valence-corrected chi connectivity index (χ4v) is 3.20. The van der Waals surface area contributed by atoms with E-state index in [0.717, 1.165) is 25.3 Å². The van der Waals surface area contributed by atoms with E-state index >= 15 is 0 Å². The number of carbonyl (C=O) groups is 1. The lowest BCUT2D eigenvalue weighted by molar-refractivity contribution is 0.0272. The standard InChI is InChI=1S/C12H15FN2O5S/c1-19-12(16)10-3-2-9(13)8-11(10)21(17,18)14-15-4-6-20-7-5-15/h2-3,8,14H,4-7H2,1H3. The number of nitrogens with one attached hydrogen (secondary N) is 1. The summed E-state index contributed by atoms with van der Waals surface area (Å²) in [5.41, 5.74) is -0.223. The molecule has 1 aromatic carbocycles. The second kappa shape index (κ2) is 6.48. The van der Waals surface area contributed by atoms with E-state index in [9.17, 15) is 17.6 Å². The van der Waals surface area contributed by atoms with Gasteiger partial charge in [0.1, 0.15) is 10.7 Å². The molecule has 0 aliphatic carbocycles. The van der Waals surface area contributed by atoms with Crippen molar-refractivity contribution in [3.8, 4) is 0 Å². The quantitative estimate of drug-likeness (QED) is 0.795. The van der Waals surface area contributed by atoms with Crippen molar-refractivity contribution in [3.05, 3.63) is 29.6 Å². The lowest BCUT2D eigenvalue weighted by atomic mass is 10.2. The van der Waals surface area contributed by atoms with Crippen molar-refractivity contribution in [2.24, 2.45) is 0 Å². The third-order valence-electron chi connectivity index (χ3n) is 2.90. The van der Waals surface area contributed by atoms with Gasteiger partial charge in [-0.15, -0.1) is 4.83 Å². The largest absolute Gasteiger partial charge is 0.465 e. The van der Waals surface area contributed by atoms with E-state index in [1.165, 1.54) is 5.01 Å². The van der Waals surface area contributed by atoms with E-state index < -0.39 is 26.7 Å². The molecule has 116 valence electrons. The predicted molar refractivity (Wildman–Crippen MR) is 70.5 cm³/mol. The van der Waals surface area contributed by atoms with Crippen LogP contribution in [0.4, 0.5) is 4.39 Å². The Morgan fingerprint density at radius 2 is 2.05 bits per heavy atom. The zero-order chi connectivity index (χ0) is 15.5. The van der Waals surface area contributed by atoms with Gasteiger partial charge in [-0.05, 0) is 18.2 Å². The minimum atomic E-state index is -4.09. The first kappa shape index (κ1) is 15.8. The number of morpholine rings is 1. The van der Waals surface area contributed by atoms with Gasteiger partial charge in [-0.3, -0.25) is 0 Å². The monoisotopic (exact) mass is 318 g/mol. The number of ether oxygens (including phenoxy) is 2. The zero-order valence-electron chi connectivity index (χ0n) is 11.3. The van der Waals surface area contributed by atoms with Gasteiger partial charge in [-0.25, -0.2) is 22.6 Å². The van der Waals surface area contributed by atoms with Crippen LogP contribution in [0.25, 0.3) is 0 Å². The van der Waals surface area contributed by atoms with Crippen LogP contribution in [0.1, 0.15) is 10.4 Å². The van der Waals surface area contributed by atoms with Crippen LogP contribution in [-0.2, 0) is 19.5 Å². The summed E-state index contributed by atoms with van der Waals surface area (Å²) in [7, 11) is -2.97. The molecule has 1 aliphatic heterocycles. The molecule has 9 heteroatoms. The van der Waals surface area contributed by atoms with E-state index in [-0.39, 0.29) is 5.56 Å². The number of rotatable bonds is 4. The molecule has 0 unspecified atom stereocenters. The Balaban J connectivity index is 2.33. The maximum atomic E-state index is 13.3. The minimum absolute atomic E-state index is 0.223. The summed E-state index contributed by atoms with van der Waals surface area (Å²) in [5, 5.41) is 1.44. The molecule has 0 radical (unpaired) electrons. The molecule has 1 saturated heterocycles. The van der Waals surface area contributed by atoms with Gasteiger partial charge in [0.15, 0.2) is 0 Å². The van der Waals surface area contributed by atoms with Gasteiger partial charge in [-0.2, -0.15) is 0 Å². The molecule has 0 spiro atoms. The van der Waals surface area contributed by atoms with Crippen molar-refractivity contribution in [3.63, 3.8) is 0 Å². The molecule has 0 bridgehead atoms. The highest BCUT2D eigenvalue weighted by Crippen LogP contribution is 2.18. The highest BCUT2D eigenvalue weighted by molar-refractivity contribution is 7.89. The van der Waals surface area contributed by atoms with Gasteiger partial charge < -0.3 is 9.47 Å². The third kappa shape index (κ3) is 3.76. The highest BCUT2D eigenvalue weighted by Gasteiger charge is 2.26. The fraction of sp³-hybridized carbons (Fsp3) is 0.417. The maximum absolute atomic E-state index is 13.3. The second-order valence-electron chi connectivity index (χ2n) is 4.33. The van der Waals surface area contributed by atoms with Crippen molar-refractivity contribution in [1.29, 1.82) is 0 Å². The van der Waals surface area contributed by atoms with Crippen LogP contribution in [0.3, 0.4) is 0 Å². The molecular weight excluding hydrogens is 303 g/mol. The number of hydrogen-bond acceptors (Lipinski definition) is 6. The molecule has 0 amide bonds. The number of methoxy groups -OCH3 is 1. The average molecular weight is 318 g/mol. The maximum Gasteiger partial charge on any atom is 0.339 e. The number of esters is 1. The Labute approximate surface area is 121 Å². The lowest BCUT2D eigenvalue weighted by Crippen LogP contribution is -2.48. The SMILES string of the molecule is COC(=O)c1ccc(F)cc1S(=O)(=O)NN1CCOCC1. The Hall–Kier alpha value is -1.55. The van der Waals surface area contributed by atoms with E-state index in [0.29, 0.717) is 26.3 Å².